The van der Waals surface area contributed by atoms with Gasteiger partial charge in [-0.15, -0.1) is 0 Å². The van der Waals surface area contributed by atoms with Crippen molar-refractivity contribution in [2.75, 3.05) is 25.1 Å². The van der Waals surface area contributed by atoms with Crippen molar-refractivity contribution in [3.8, 4) is 0 Å². The summed E-state index contributed by atoms with van der Waals surface area (Å²) in [5.41, 5.74) is -0.0556. The van der Waals surface area contributed by atoms with Gasteiger partial charge in [-0.25, -0.2) is 0 Å². The minimum atomic E-state index is -0.523. The normalized spacial score (nSPS) is 18.3. The molecular weight excluding hydrogens is 236 g/mol. The molecule has 1 aliphatic rings. The molecule has 0 amide bonds. The van der Waals surface area contributed by atoms with Crippen LogP contribution in [0.5, 0.6) is 0 Å². The van der Waals surface area contributed by atoms with Crippen LogP contribution in [0.2, 0.25) is 0 Å². The number of hydrogen-bond acceptors (Lipinski definition) is 5. The molecule has 0 spiro atoms. The second-order valence-electron chi connectivity index (χ2n) is 4.45. The smallest absolute Gasteiger partial charge is 0.292 e. The standard InChI is InChI=1S/C12H16N2O4/c15-9-12(5-7-18-8-6-12)13-10-3-1-2-4-11(10)14(16)17/h1-4,13,15H,5-9H2. The van der Waals surface area contributed by atoms with Gasteiger partial charge in [-0.3, -0.25) is 10.1 Å². The average molecular weight is 252 g/mol. The summed E-state index contributed by atoms with van der Waals surface area (Å²) in [5, 5.41) is 23.6. The Morgan fingerprint density at radius 1 is 1.39 bits per heavy atom. The van der Waals surface area contributed by atoms with Gasteiger partial charge >= 0.3 is 0 Å². The number of nitrogens with one attached hydrogen (secondary N) is 1. The fraction of sp³-hybridized carbons (Fsp3) is 0.500. The molecule has 6 nitrogen and oxygen atoms in total. The van der Waals surface area contributed by atoms with E-state index in [0.717, 1.165) is 0 Å². The predicted molar refractivity (Wildman–Crippen MR) is 66.6 cm³/mol. The highest BCUT2D eigenvalue weighted by molar-refractivity contribution is 5.62. The van der Waals surface area contributed by atoms with E-state index in [4.69, 9.17) is 4.74 Å². The van der Waals surface area contributed by atoms with Crippen molar-refractivity contribution in [1.29, 1.82) is 0 Å². The molecule has 2 N–H and O–H groups in total. The summed E-state index contributed by atoms with van der Waals surface area (Å²) in [6, 6.07) is 6.47. The van der Waals surface area contributed by atoms with Gasteiger partial charge in [-0.05, 0) is 18.9 Å². The molecule has 0 atom stereocenters. The van der Waals surface area contributed by atoms with E-state index in [0.29, 0.717) is 31.7 Å². The first-order chi connectivity index (χ1) is 8.67. The number of hydrogen-bond donors (Lipinski definition) is 2. The number of nitro groups is 1. The molecule has 6 heteroatoms. The SMILES string of the molecule is O=[N+]([O-])c1ccccc1NC1(CO)CCOCC1. The fourth-order valence-electron chi connectivity index (χ4n) is 2.11. The minimum Gasteiger partial charge on any atom is -0.394 e. The Kier molecular flexibility index (Phi) is 3.78. The van der Waals surface area contributed by atoms with Crippen LogP contribution in [-0.4, -0.2) is 35.4 Å². The van der Waals surface area contributed by atoms with E-state index < -0.39 is 10.5 Å². The highest BCUT2D eigenvalue weighted by Crippen LogP contribution is 2.30. The lowest BCUT2D eigenvalue weighted by atomic mass is 9.90. The zero-order chi connectivity index (χ0) is 13.0. The van der Waals surface area contributed by atoms with E-state index in [2.05, 4.69) is 5.32 Å². The first kappa shape index (κ1) is 12.8. The molecule has 2 rings (SSSR count). The molecule has 0 aliphatic carbocycles. The molecule has 1 saturated heterocycles. The van der Waals surface area contributed by atoms with Gasteiger partial charge in [0.2, 0.25) is 0 Å². The lowest BCUT2D eigenvalue weighted by molar-refractivity contribution is -0.384. The summed E-state index contributed by atoms with van der Waals surface area (Å²) < 4.78 is 5.26. The van der Waals surface area contributed by atoms with Gasteiger partial charge in [0.05, 0.1) is 17.1 Å². The van der Waals surface area contributed by atoms with Gasteiger partial charge in [-0.2, -0.15) is 0 Å². The number of benzene rings is 1. The molecule has 0 bridgehead atoms. The van der Waals surface area contributed by atoms with Gasteiger partial charge in [0, 0.05) is 19.3 Å². The Labute approximate surface area is 105 Å². The van der Waals surface area contributed by atoms with Crippen molar-refractivity contribution >= 4 is 11.4 Å². The number of rotatable bonds is 4. The summed E-state index contributed by atoms with van der Waals surface area (Å²) >= 11 is 0. The molecule has 1 aliphatic heterocycles. The van der Waals surface area contributed by atoms with Gasteiger partial charge in [0.15, 0.2) is 0 Å². The van der Waals surface area contributed by atoms with E-state index in [1.807, 2.05) is 0 Å². The largest absolute Gasteiger partial charge is 0.394 e. The van der Waals surface area contributed by atoms with E-state index in [9.17, 15) is 15.2 Å². The van der Waals surface area contributed by atoms with Gasteiger partial charge in [0.25, 0.3) is 5.69 Å². The highest BCUT2D eigenvalue weighted by Gasteiger charge is 2.33. The Bertz CT molecular complexity index is 430. The third kappa shape index (κ3) is 2.60. The maximum Gasteiger partial charge on any atom is 0.292 e. The molecule has 18 heavy (non-hydrogen) atoms. The monoisotopic (exact) mass is 252 g/mol. The zero-order valence-electron chi connectivity index (χ0n) is 9.96. The van der Waals surface area contributed by atoms with Crippen molar-refractivity contribution in [2.45, 2.75) is 18.4 Å². The second-order valence-corrected chi connectivity index (χ2v) is 4.45. The number of para-hydroxylation sites is 2. The van der Waals surface area contributed by atoms with Crippen molar-refractivity contribution in [1.82, 2.24) is 0 Å². The topological polar surface area (TPSA) is 84.6 Å². The Balaban J connectivity index is 2.24. The Morgan fingerprint density at radius 2 is 2.06 bits per heavy atom. The first-order valence-electron chi connectivity index (χ1n) is 5.87. The molecule has 0 saturated carbocycles. The van der Waals surface area contributed by atoms with E-state index in [1.54, 1.807) is 18.2 Å². The quantitative estimate of drug-likeness (QED) is 0.627. The number of nitrogens with zero attached hydrogens (tertiary/aromatic N) is 1. The number of aliphatic hydroxyl groups is 1. The number of nitro benzene ring substituents is 1. The number of anilines is 1. The Hall–Kier alpha value is -1.66. The third-order valence-electron chi connectivity index (χ3n) is 3.25. The maximum absolute atomic E-state index is 10.9. The van der Waals surface area contributed by atoms with Crippen molar-refractivity contribution in [3.63, 3.8) is 0 Å². The van der Waals surface area contributed by atoms with Gasteiger partial charge in [-0.1, -0.05) is 12.1 Å². The van der Waals surface area contributed by atoms with Crippen LogP contribution in [0.15, 0.2) is 24.3 Å². The lowest BCUT2D eigenvalue weighted by Crippen LogP contribution is -2.47. The van der Waals surface area contributed by atoms with Crippen LogP contribution in [-0.2, 0) is 4.74 Å². The van der Waals surface area contributed by atoms with E-state index >= 15 is 0 Å². The lowest BCUT2D eigenvalue weighted by Gasteiger charge is -2.37. The average Bonchev–Trinajstić information content (AvgIpc) is 2.40. The summed E-state index contributed by atoms with van der Waals surface area (Å²) in [5.74, 6) is 0. The molecule has 98 valence electrons. The van der Waals surface area contributed by atoms with Crippen molar-refractivity contribution < 1.29 is 14.8 Å². The summed E-state index contributed by atoms with van der Waals surface area (Å²) in [6.45, 7) is 1.03. The summed E-state index contributed by atoms with van der Waals surface area (Å²) in [7, 11) is 0. The zero-order valence-corrected chi connectivity index (χ0v) is 9.96. The van der Waals surface area contributed by atoms with Crippen molar-refractivity contribution in [3.05, 3.63) is 34.4 Å². The van der Waals surface area contributed by atoms with E-state index in [-0.39, 0.29) is 12.3 Å². The fourth-order valence-corrected chi connectivity index (χ4v) is 2.11. The summed E-state index contributed by atoms with van der Waals surface area (Å²) in [6.07, 6.45) is 1.27. The minimum absolute atomic E-state index is 0.0248. The van der Waals surface area contributed by atoms with Crippen LogP contribution in [0, 0.1) is 10.1 Å². The molecule has 1 aromatic rings. The molecular formula is C12H16N2O4. The van der Waals surface area contributed by atoms with Gasteiger partial charge in [0.1, 0.15) is 5.69 Å². The van der Waals surface area contributed by atoms with Crippen molar-refractivity contribution in [2.24, 2.45) is 0 Å². The van der Waals surface area contributed by atoms with Crippen LogP contribution in [0.4, 0.5) is 11.4 Å². The molecule has 1 fully saturated rings. The maximum atomic E-state index is 10.9. The first-order valence-corrected chi connectivity index (χ1v) is 5.87. The number of aliphatic hydroxyl groups excluding tert-OH is 1. The molecule has 0 radical (unpaired) electrons. The van der Waals surface area contributed by atoms with Crippen LogP contribution in [0.1, 0.15) is 12.8 Å². The highest BCUT2D eigenvalue weighted by atomic mass is 16.6. The molecule has 0 unspecified atom stereocenters. The summed E-state index contributed by atoms with van der Waals surface area (Å²) in [4.78, 5) is 10.5. The molecule has 0 aromatic heterocycles. The van der Waals surface area contributed by atoms with Crippen LogP contribution in [0.25, 0.3) is 0 Å². The van der Waals surface area contributed by atoms with Crippen LogP contribution < -0.4 is 5.32 Å². The second kappa shape index (κ2) is 5.32. The van der Waals surface area contributed by atoms with Crippen LogP contribution >= 0.6 is 0 Å². The van der Waals surface area contributed by atoms with Crippen LogP contribution in [0.3, 0.4) is 0 Å². The number of ether oxygens (including phenoxy) is 1. The van der Waals surface area contributed by atoms with Gasteiger partial charge < -0.3 is 15.2 Å². The molecule has 1 aromatic carbocycles. The van der Waals surface area contributed by atoms with E-state index in [1.165, 1.54) is 6.07 Å². The predicted octanol–water partition coefficient (Wildman–Crippen LogP) is 1.55. The Morgan fingerprint density at radius 3 is 2.67 bits per heavy atom. The molecule has 1 heterocycles. The third-order valence-corrected chi connectivity index (χ3v) is 3.25.